The first-order chi connectivity index (χ1) is 8.69. The van der Waals surface area contributed by atoms with Gasteiger partial charge in [0.2, 0.25) is 11.8 Å². The third kappa shape index (κ3) is 4.99. The largest absolute Gasteiger partial charge is 0.385 e. The van der Waals surface area contributed by atoms with E-state index in [1.165, 1.54) is 6.07 Å². The third-order valence-electron chi connectivity index (χ3n) is 2.71. The standard InChI is InChI=1S/C14H21N3O2/c1-14(2,3)4-5-17-11-7-9(12(15)18)6-10(8-11)13(16)19/h6-8,17H,4-5H2,1-3H3,(H2,15,18)(H2,16,19). The molecule has 104 valence electrons. The van der Waals surface area contributed by atoms with Crippen LogP contribution in [0.5, 0.6) is 0 Å². The van der Waals surface area contributed by atoms with Gasteiger partial charge in [-0.15, -0.1) is 0 Å². The molecule has 0 aromatic heterocycles. The predicted molar refractivity (Wildman–Crippen MR) is 76.0 cm³/mol. The van der Waals surface area contributed by atoms with Gasteiger partial charge >= 0.3 is 0 Å². The summed E-state index contributed by atoms with van der Waals surface area (Å²) in [7, 11) is 0. The monoisotopic (exact) mass is 263 g/mol. The predicted octanol–water partition coefficient (Wildman–Crippen LogP) is 1.73. The Balaban J connectivity index is 2.88. The quantitative estimate of drug-likeness (QED) is 0.754. The van der Waals surface area contributed by atoms with E-state index in [0.717, 1.165) is 13.0 Å². The number of carbonyl (C=O) groups excluding carboxylic acids is 2. The molecule has 0 radical (unpaired) electrons. The molecule has 1 aromatic rings. The van der Waals surface area contributed by atoms with Crippen LogP contribution in [0.25, 0.3) is 0 Å². The average Bonchev–Trinajstić information content (AvgIpc) is 2.26. The van der Waals surface area contributed by atoms with Gasteiger partial charge in [0.15, 0.2) is 0 Å². The molecule has 0 saturated heterocycles. The first-order valence-electron chi connectivity index (χ1n) is 6.17. The molecule has 1 rings (SSSR count). The molecular formula is C14H21N3O2. The normalized spacial score (nSPS) is 11.1. The Kier molecular flexibility index (Phi) is 4.53. The summed E-state index contributed by atoms with van der Waals surface area (Å²) in [6.45, 7) is 7.17. The van der Waals surface area contributed by atoms with E-state index in [1.807, 2.05) is 0 Å². The molecule has 0 saturated carbocycles. The van der Waals surface area contributed by atoms with Gasteiger partial charge in [0, 0.05) is 23.4 Å². The molecule has 0 aliphatic rings. The third-order valence-corrected chi connectivity index (χ3v) is 2.71. The molecule has 2 amide bonds. The minimum absolute atomic E-state index is 0.209. The average molecular weight is 263 g/mol. The maximum Gasteiger partial charge on any atom is 0.248 e. The van der Waals surface area contributed by atoms with Crippen molar-refractivity contribution in [3.05, 3.63) is 29.3 Å². The van der Waals surface area contributed by atoms with Gasteiger partial charge in [0.1, 0.15) is 0 Å². The summed E-state index contributed by atoms with van der Waals surface area (Å²) in [6, 6.07) is 4.65. The van der Waals surface area contributed by atoms with Crippen LogP contribution in [-0.2, 0) is 0 Å². The highest BCUT2D eigenvalue weighted by Crippen LogP contribution is 2.20. The van der Waals surface area contributed by atoms with Crippen LogP contribution in [0.1, 0.15) is 47.9 Å². The summed E-state index contributed by atoms with van der Waals surface area (Å²) in [5.41, 5.74) is 11.9. The van der Waals surface area contributed by atoms with E-state index in [0.29, 0.717) is 5.69 Å². The van der Waals surface area contributed by atoms with Crippen LogP contribution in [0, 0.1) is 5.41 Å². The lowest BCUT2D eigenvalue weighted by Gasteiger charge is -2.18. The maximum atomic E-state index is 11.2. The molecule has 19 heavy (non-hydrogen) atoms. The van der Waals surface area contributed by atoms with Crippen molar-refractivity contribution in [3.63, 3.8) is 0 Å². The summed E-state index contributed by atoms with van der Waals surface area (Å²) >= 11 is 0. The molecule has 0 bridgehead atoms. The second-order valence-corrected chi connectivity index (χ2v) is 5.76. The number of benzene rings is 1. The van der Waals surface area contributed by atoms with Crippen LogP contribution >= 0.6 is 0 Å². The van der Waals surface area contributed by atoms with Crippen molar-refractivity contribution in [1.29, 1.82) is 0 Å². The number of nitrogens with one attached hydrogen (secondary N) is 1. The van der Waals surface area contributed by atoms with Gasteiger partial charge in [-0.3, -0.25) is 9.59 Å². The number of carbonyl (C=O) groups is 2. The molecule has 0 spiro atoms. The van der Waals surface area contributed by atoms with Crippen molar-refractivity contribution in [2.75, 3.05) is 11.9 Å². The minimum atomic E-state index is -0.582. The lowest BCUT2D eigenvalue weighted by Crippen LogP contribution is -2.17. The molecule has 5 nitrogen and oxygen atoms in total. The Bertz CT molecular complexity index is 458. The molecule has 0 aliphatic carbocycles. The summed E-state index contributed by atoms with van der Waals surface area (Å²) in [5, 5.41) is 3.18. The molecule has 1 aromatic carbocycles. The molecule has 5 N–H and O–H groups in total. The van der Waals surface area contributed by atoms with Crippen LogP contribution in [0.2, 0.25) is 0 Å². The molecule has 0 unspecified atom stereocenters. The fraction of sp³-hybridized carbons (Fsp3) is 0.429. The smallest absolute Gasteiger partial charge is 0.248 e. The zero-order chi connectivity index (χ0) is 14.6. The van der Waals surface area contributed by atoms with Crippen LogP contribution in [0.15, 0.2) is 18.2 Å². The zero-order valence-electron chi connectivity index (χ0n) is 11.6. The van der Waals surface area contributed by atoms with Crippen molar-refractivity contribution in [3.8, 4) is 0 Å². The van der Waals surface area contributed by atoms with Gasteiger partial charge in [-0.1, -0.05) is 20.8 Å². The van der Waals surface area contributed by atoms with Crippen LogP contribution < -0.4 is 16.8 Å². The Morgan fingerprint density at radius 2 is 1.53 bits per heavy atom. The summed E-state index contributed by atoms with van der Waals surface area (Å²) in [6.07, 6.45) is 0.958. The Hall–Kier alpha value is -2.04. The topological polar surface area (TPSA) is 98.2 Å². The zero-order valence-corrected chi connectivity index (χ0v) is 11.6. The van der Waals surface area contributed by atoms with Gasteiger partial charge in [-0.25, -0.2) is 0 Å². The van der Waals surface area contributed by atoms with Crippen LogP contribution in [-0.4, -0.2) is 18.4 Å². The second kappa shape index (κ2) is 5.73. The van der Waals surface area contributed by atoms with E-state index in [-0.39, 0.29) is 16.5 Å². The van der Waals surface area contributed by atoms with Crippen molar-refractivity contribution in [1.82, 2.24) is 0 Å². The second-order valence-electron chi connectivity index (χ2n) is 5.76. The van der Waals surface area contributed by atoms with Crippen molar-refractivity contribution in [2.24, 2.45) is 16.9 Å². The Morgan fingerprint density at radius 1 is 1.05 bits per heavy atom. The van der Waals surface area contributed by atoms with Gasteiger partial charge < -0.3 is 16.8 Å². The molecule has 0 heterocycles. The van der Waals surface area contributed by atoms with Crippen LogP contribution in [0.3, 0.4) is 0 Å². The molecule has 0 atom stereocenters. The number of hydrogen-bond donors (Lipinski definition) is 3. The summed E-state index contributed by atoms with van der Waals surface area (Å²) in [5.74, 6) is -1.16. The Labute approximate surface area is 113 Å². The van der Waals surface area contributed by atoms with Gasteiger partial charge in [-0.05, 0) is 30.0 Å². The molecule has 5 heteroatoms. The molecule has 0 fully saturated rings. The number of nitrogens with two attached hydrogens (primary N) is 2. The highest BCUT2D eigenvalue weighted by atomic mass is 16.1. The first kappa shape index (κ1) is 15.0. The number of hydrogen-bond acceptors (Lipinski definition) is 3. The van der Waals surface area contributed by atoms with E-state index in [1.54, 1.807) is 12.1 Å². The minimum Gasteiger partial charge on any atom is -0.385 e. The number of amides is 2. The maximum absolute atomic E-state index is 11.2. The first-order valence-corrected chi connectivity index (χ1v) is 6.17. The summed E-state index contributed by atoms with van der Waals surface area (Å²) in [4.78, 5) is 22.4. The van der Waals surface area contributed by atoms with E-state index in [2.05, 4.69) is 26.1 Å². The summed E-state index contributed by atoms with van der Waals surface area (Å²) < 4.78 is 0. The van der Waals surface area contributed by atoms with Gasteiger partial charge in [0.25, 0.3) is 0 Å². The SMILES string of the molecule is CC(C)(C)CCNc1cc(C(N)=O)cc(C(N)=O)c1. The lowest BCUT2D eigenvalue weighted by molar-refractivity contribution is 0.0999. The fourth-order valence-corrected chi connectivity index (χ4v) is 1.60. The van der Waals surface area contributed by atoms with E-state index in [9.17, 15) is 9.59 Å². The van der Waals surface area contributed by atoms with E-state index in [4.69, 9.17) is 11.5 Å². The van der Waals surface area contributed by atoms with Gasteiger partial charge in [-0.2, -0.15) is 0 Å². The van der Waals surface area contributed by atoms with E-state index >= 15 is 0 Å². The molecule has 0 aliphatic heterocycles. The lowest BCUT2D eigenvalue weighted by atomic mass is 9.92. The van der Waals surface area contributed by atoms with E-state index < -0.39 is 11.8 Å². The fourth-order valence-electron chi connectivity index (χ4n) is 1.60. The highest BCUT2D eigenvalue weighted by molar-refractivity contribution is 5.99. The van der Waals surface area contributed by atoms with Crippen molar-refractivity contribution < 1.29 is 9.59 Å². The number of anilines is 1. The Morgan fingerprint density at radius 3 is 1.89 bits per heavy atom. The van der Waals surface area contributed by atoms with Crippen LogP contribution in [0.4, 0.5) is 5.69 Å². The van der Waals surface area contributed by atoms with Crippen molar-refractivity contribution >= 4 is 17.5 Å². The highest BCUT2D eigenvalue weighted by Gasteiger charge is 2.11. The number of rotatable bonds is 5. The van der Waals surface area contributed by atoms with Crippen molar-refractivity contribution in [2.45, 2.75) is 27.2 Å². The van der Waals surface area contributed by atoms with Gasteiger partial charge in [0.05, 0.1) is 0 Å². The number of primary amides is 2. The molecular weight excluding hydrogens is 242 g/mol.